The molecular weight excluding hydrogens is 376 g/mol. The quantitative estimate of drug-likeness (QED) is 0.827. The van der Waals surface area contributed by atoms with Crippen molar-refractivity contribution in [2.24, 2.45) is 4.99 Å². The van der Waals surface area contributed by atoms with Crippen LogP contribution in [0.4, 0.5) is 0 Å². The number of ether oxygens (including phenoxy) is 3. The summed E-state index contributed by atoms with van der Waals surface area (Å²) in [6, 6.07) is 3.72. The minimum atomic E-state index is -0.964. The van der Waals surface area contributed by atoms with Crippen LogP contribution in [-0.2, 0) is 4.79 Å². The van der Waals surface area contributed by atoms with Crippen molar-refractivity contribution in [2.75, 3.05) is 40.2 Å². The van der Waals surface area contributed by atoms with Crippen LogP contribution in [0, 0.1) is 0 Å². The first kappa shape index (κ1) is 17.8. The number of hydrogen-bond acceptors (Lipinski definition) is 8. The lowest BCUT2D eigenvalue weighted by Gasteiger charge is -2.30. The van der Waals surface area contributed by atoms with E-state index in [-0.39, 0.29) is 11.2 Å². The maximum absolute atomic E-state index is 13.2. The molecule has 140 valence electrons. The average Bonchev–Trinajstić information content (AvgIpc) is 3.32. The van der Waals surface area contributed by atoms with Crippen molar-refractivity contribution in [3.8, 4) is 17.2 Å². The van der Waals surface area contributed by atoms with Crippen LogP contribution in [-0.4, -0.2) is 72.1 Å². The standard InChI is InChI=1S/C17H20N2O5S2/c1-22-10-6-9(7-11(23-2)13(10)24-3)14-17(12(20)8-25-14)15(21)19-5-4-18-16(19)26-17/h6-7,12,14,20H,4-5,8H2,1-3H3. The van der Waals surface area contributed by atoms with E-state index < -0.39 is 10.9 Å². The van der Waals surface area contributed by atoms with Crippen molar-refractivity contribution in [1.29, 1.82) is 0 Å². The average molecular weight is 396 g/mol. The zero-order valence-corrected chi connectivity index (χ0v) is 16.4. The molecule has 1 aromatic rings. The molecule has 0 bridgehead atoms. The van der Waals surface area contributed by atoms with Gasteiger partial charge < -0.3 is 19.3 Å². The van der Waals surface area contributed by atoms with Gasteiger partial charge in [0.15, 0.2) is 16.7 Å². The van der Waals surface area contributed by atoms with E-state index in [1.165, 1.54) is 11.8 Å². The molecule has 9 heteroatoms. The van der Waals surface area contributed by atoms with E-state index in [1.54, 1.807) is 38.0 Å². The zero-order valence-electron chi connectivity index (χ0n) is 14.7. The second-order valence-corrected chi connectivity index (χ2v) is 8.59. The van der Waals surface area contributed by atoms with Crippen LogP contribution in [0.2, 0.25) is 0 Å². The van der Waals surface area contributed by atoms with Gasteiger partial charge in [-0.3, -0.25) is 14.7 Å². The Labute approximate surface area is 160 Å². The van der Waals surface area contributed by atoms with Crippen LogP contribution < -0.4 is 14.2 Å². The molecule has 0 aliphatic carbocycles. The Morgan fingerprint density at radius 1 is 1.23 bits per heavy atom. The summed E-state index contributed by atoms with van der Waals surface area (Å²) in [6.07, 6.45) is -0.748. The highest BCUT2D eigenvalue weighted by Gasteiger charge is 2.64. The topological polar surface area (TPSA) is 80.6 Å². The number of aliphatic hydroxyl groups is 1. The fraction of sp³-hybridized carbons (Fsp3) is 0.529. The van der Waals surface area contributed by atoms with Gasteiger partial charge in [0.2, 0.25) is 11.7 Å². The third kappa shape index (κ3) is 2.33. The minimum Gasteiger partial charge on any atom is -0.493 e. The summed E-state index contributed by atoms with van der Waals surface area (Å²) >= 11 is 2.96. The van der Waals surface area contributed by atoms with Crippen molar-refractivity contribution in [2.45, 2.75) is 16.1 Å². The number of fused-ring (bicyclic) bond motifs is 1. The molecule has 3 aliphatic rings. The Hall–Kier alpha value is -1.58. The summed E-state index contributed by atoms with van der Waals surface area (Å²) < 4.78 is 15.3. The van der Waals surface area contributed by atoms with Gasteiger partial charge in [0.1, 0.15) is 4.75 Å². The number of aliphatic imine (C=N–C) groups is 1. The molecule has 2 saturated heterocycles. The van der Waals surface area contributed by atoms with Crippen LogP contribution in [0.1, 0.15) is 10.8 Å². The Kier molecular flexibility index (Phi) is 4.48. The van der Waals surface area contributed by atoms with Crippen LogP contribution in [0.15, 0.2) is 17.1 Å². The van der Waals surface area contributed by atoms with E-state index in [9.17, 15) is 9.90 Å². The number of carbonyl (C=O) groups is 1. The Balaban J connectivity index is 1.81. The summed E-state index contributed by atoms with van der Waals surface area (Å²) in [5, 5.41) is 11.2. The highest BCUT2D eigenvalue weighted by molar-refractivity contribution is 8.17. The van der Waals surface area contributed by atoms with Gasteiger partial charge in [-0.2, -0.15) is 0 Å². The summed E-state index contributed by atoms with van der Waals surface area (Å²) in [7, 11) is 4.68. The number of amides is 1. The number of methoxy groups -OCH3 is 3. The maximum atomic E-state index is 13.2. The van der Waals surface area contributed by atoms with Gasteiger partial charge in [-0.05, 0) is 17.7 Å². The van der Waals surface area contributed by atoms with Gasteiger partial charge >= 0.3 is 0 Å². The molecule has 1 spiro atoms. The molecule has 3 unspecified atom stereocenters. The minimum absolute atomic E-state index is 0.0602. The fourth-order valence-electron chi connectivity index (χ4n) is 3.69. The molecule has 3 atom stereocenters. The summed E-state index contributed by atoms with van der Waals surface area (Å²) in [4.78, 5) is 19.3. The number of aliphatic hydroxyl groups excluding tert-OH is 1. The van der Waals surface area contributed by atoms with Crippen LogP contribution in [0.3, 0.4) is 0 Å². The van der Waals surface area contributed by atoms with Crippen molar-refractivity contribution in [3.63, 3.8) is 0 Å². The molecule has 7 nitrogen and oxygen atoms in total. The predicted molar refractivity (Wildman–Crippen MR) is 102 cm³/mol. The van der Waals surface area contributed by atoms with Crippen LogP contribution in [0.25, 0.3) is 0 Å². The molecule has 1 amide bonds. The Bertz CT molecular complexity index is 761. The first-order valence-electron chi connectivity index (χ1n) is 8.21. The van der Waals surface area contributed by atoms with Crippen LogP contribution in [0.5, 0.6) is 17.2 Å². The molecule has 3 heterocycles. The molecule has 2 fully saturated rings. The first-order valence-corrected chi connectivity index (χ1v) is 10.1. The van der Waals surface area contributed by atoms with Gasteiger partial charge in [0.25, 0.3) is 0 Å². The molecule has 0 aromatic heterocycles. The van der Waals surface area contributed by atoms with Crippen molar-refractivity contribution < 1.29 is 24.1 Å². The highest BCUT2D eigenvalue weighted by Crippen LogP contribution is 2.60. The second kappa shape index (κ2) is 6.54. The molecule has 1 aromatic carbocycles. The third-order valence-electron chi connectivity index (χ3n) is 4.94. The molecule has 0 saturated carbocycles. The van der Waals surface area contributed by atoms with Gasteiger partial charge in [-0.15, -0.1) is 11.8 Å². The fourth-order valence-corrected chi connectivity index (χ4v) is 7.02. The Morgan fingerprint density at radius 2 is 1.92 bits per heavy atom. The first-order chi connectivity index (χ1) is 12.6. The number of hydrogen-bond donors (Lipinski definition) is 1. The maximum Gasteiger partial charge on any atom is 0.249 e. The van der Waals surface area contributed by atoms with E-state index in [4.69, 9.17) is 14.2 Å². The number of thioether (sulfide) groups is 2. The summed E-state index contributed by atoms with van der Waals surface area (Å²) in [5.74, 6) is 2.00. The lowest BCUT2D eigenvalue weighted by atomic mass is 9.91. The van der Waals surface area contributed by atoms with Gasteiger partial charge in [-0.1, -0.05) is 11.8 Å². The molecule has 0 radical (unpaired) electrons. The van der Waals surface area contributed by atoms with Crippen molar-refractivity contribution >= 4 is 34.6 Å². The molecule has 26 heavy (non-hydrogen) atoms. The monoisotopic (exact) mass is 396 g/mol. The van der Waals surface area contributed by atoms with Gasteiger partial charge in [0.05, 0.1) is 39.2 Å². The number of rotatable bonds is 4. The molecular formula is C17H20N2O5S2. The SMILES string of the molecule is COc1cc(C2SCC(O)C23SC2=NCCN2C3=O)cc(OC)c1OC. The molecule has 3 aliphatic heterocycles. The largest absolute Gasteiger partial charge is 0.493 e. The van der Waals surface area contributed by atoms with Gasteiger partial charge in [0, 0.05) is 12.3 Å². The lowest BCUT2D eigenvalue weighted by molar-refractivity contribution is -0.131. The smallest absolute Gasteiger partial charge is 0.249 e. The summed E-state index contributed by atoms with van der Waals surface area (Å²) in [5.41, 5.74) is 0.865. The van der Waals surface area contributed by atoms with E-state index >= 15 is 0 Å². The summed E-state index contributed by atoms with van der Waals surface area (Å²) in [6.45, 7) is 1.21. The third-order valence-corrected chi connectivity index (χ3v) is 8.12. The number of nitrogens with zero attached hydrogens (tertiary/aromatic N) is 2. The van der Waals surface area contributed by atoms with Crippen molar-refractivity contribution in [1.82, 2.24) is 4.90 Å². The number of benzene rings is 1. The molecule has 1 N–H and O–H groups in total. The van der Waals surface area contributed by atoms with E-state index in [2.05, 4.69) is 4.99 Å². The lowest BCUT2D eigenvalue weighted by Crippen LogP contribution is -2.48. The van der Waals surface area contributed by atoms with Gasteiger partial charge in [-0.25, -0.2) is 0 Å². The second-order valence-electron chi connectivity index (χ2n) is 6.20. The predicted octanol–water partition coefficient (Wildman–Crippen LogP) is 1.54. The number of amidine groups is 1. The van der Waals surface area contributed by atoms with Crippen LogP contribution >= 0.6 is 23.5 Å². The zero-order chi connectivity index (χ0) is 18.5. The number of carbonyl (C=O) groups excluding carboxylic acids is 1. The van der Waals surface area contributed by atoms with E-state index in [0.717, 1.165) is 5.56 Å². The van der Waals surface area contributed by atoms with E-state index in [1.807, 2.05) is 12.1 Å². The Morgan fingerprint density at radius 3 is 2.50 bits per heavy atom. The molecule has 4 rings (SSSR count). The van der Waals surface area contributed by atoms with E-state index in [0.29, 0.717) is 41.3 Å². The van der Waals surface area contributed by atoms with Crippen molar-refractivity contribution in [3.05, 3.63) is 17.7 Å². The highest BCUT2D eigenvalue weighted by atomic mass is 32.2. The normalized spacial score (nSPS) is 29.9.